The number of carbonyl (C=O) groups is 4. The monoisotopic (exact) mass is 533 g/mol. The van der Waals surface area contributed by atoms with Crippen LogP contribution in [0.5, 0.6) is 5.75 Å². The number of benzene rings is 2. The lowest BCUT2D eigenvalue weighted by atomic mass is 9.57. The van der Waals surface area contributed by atoms with Gasteiger partial charge in [0.15, 0.2) is 11.4 Å². The number of phenols is 1. The maximum absolute atomic E-state index is 13.9. The van der Waals surface area contributed by atoms with Crippen LogP contribution in [0.3, 0.4) is 0 Å². The van der Waals surface area contributed by atoms with Crippen molar-refractivity contribution in [3.63, 3.8) is 0 Å². The third-order valence-corrected chi connectivity index (χ3v) is 8.06. The number of hydrogen-bond donors (Lipinski definition) is 6. The van der Waals surface area contributed by atoms with Crippen LogP contribution in [0.4, 0.5) is 0 Å². The molecule has 0 aromatic heterocycles. The molecule has 11 heteroatoms. The molecule has 0 spiro atoms. The number of phenolic OH excluding ortho intramolecular Hbond substituents is 1. The summed E-state index contributed by atoms with van der Waals surface area (Å²) in [7, 11) is 3.07. The number of ketones is 2. The van der Waals surface area contributed by atoms with Gasteiger partial charge in [0.2, 0.25) is 11.7 Å². The Bertz CT molecular complexity index is 1560. The molecule has 3 aliphatic rings. The summed E-state index contributed by atoms with van der Waals surface area (Å²) in [6.45, 7) is 0. The fourth-order valence-corrected chi connectivity index (χ4v) is 6.35. The van der Waals surface area contributed by atoms with Crippen molar-refractivity contribution in [3.8, 4) is 16.9 Å². The summed E-state index contributed by atoms with van der Waals surface area (Å²) < 4.78 is 0. The van der Waals surface area contributed by atoms with E-state index in [4.69, 9.17) is 11.5 Å². The quantitative estimate of drug-likeness (QED) is 0.306. The summed E-state index contributed by atoms with van der Waals surface area (Å²) in [6, 6.07) is 8.28. The highest BCUT2D eigenvalue weighted by Crippen LogP contribution is 2.53. The number of likely N-dealkylation sites (N-methyl/N-ethyl adjacent to an activating group) is 1. The molecule has 0 unspecified atom stereocenters. The van der Waals surface area contributed by atoms with E-state index >= 15 is 0 Å². The van der Waals surface area contributed by atoms with Crippen molar-refractivity contribution >= 4 is 29.1 Å². The molecule has 5 rings (SSSR count). The highest BCUT2D eigenvalue weighted by molar-refractivity contribution is 6.24. The average molecular weight is 534 g/mol. The second kappa shape index (κ2) is 8.79. The molecule has 3 aliphatic carbocycles. The molecule has 202 valence electrons. The summed E-state index contributed by atoms with van der Waals surface area (Å²) in [4.78, 5) is 52.4. The Kier molecular flexibility index (Phi) is 5.89. The minimum atomic E-state index is -2.70. The molecular weight excluding hydrogens is 506 g/mol. The minimum Gasteiger partial charge on any atom is -0.508 e. The predicted octanol–water partition coefficient (Wildman–Crippen LogP) is 0.730. The molecule has 1 saturated carbocycles. The van der Waals surface area contributed by atoms with Gasteiger partial charge in [0.25, 0.3) is 5.91 Å². The van der Waals surface area contributed by atoms with Gasteiger partial charge in [0.05, 0.1) is 11.6 Å². The van der Waals surface area contributed by atoms with E-state index in [9.17, 15) is 39.6 Å². The zero-order valence-electron chi connectivity index (χ0n) is 21.1. The molecule has 0 bridgehead atoms. The first kappa shape index (κ1) is 26.1. The van der Waals surface area contributed by atoms with E-state index in [1.54, 1.807) is 30.3 Å². The van der Waals surface area contributed by atoms with Crippen LogP contribution >= 0.6 is 0 Å². The van der Waals surface area contributed by atoms with Crippen LogP contribution in [0, 0.1) is 11.8 Å². The number of Topliss-reactive ketones (excluding diaryl/α,β-unsaturated/α-hetero) is 2. The first-order valence-corrected chi connectivity index (χ1v) is 12.2. The van der Waals surface area contributed by atoms with E-state index in [1.807, 2.05) is 0 Å². The number of hydrogen-bond acceptors (Lipinski definition) is 9. The Labute approximate surface area is 222 Å². The lowest BCUT2D eigenvalue weighted by Crippen LogP contribution is -2.65. The first-order chi connectivity index (χ1) is 18.3. The number of aliphatic hydroxyl groups excluding tert-OH is 2. The van der Waals surface area contributed by atoms with Crippen molar-refractivity contribution in [2.75, 3.05) is 14.1 Å². The third kappa shape index (κ3) is 3.57. The number of aromatic hydroxyl groups is 1. The predicted molar refractivity (Wildman–Crippen MR) is 138 cm³/mol. The molecule has 11 nitrogen and oxygen atoms in total. The molecule has 39 heavy (non-hydrogen) atoms. The second-order valence-corrected chi connectivity index (χ2v) is 10.4. The Morgan fingerprint density at radius 2 is 1.72 bits per heavy atom. The molecular formula is C28H27N3O8. The number of aliphatic hydroxyl groups is 3. The van der Waals surface area contributed by atoms with Gasteiger partial charge >= 0.3 is 0 Å². The van der Waals surface area contributed by atoms with E-state index in [2.05, 4.69) is 0 Å². The van der Waals surface area contributed by atoms with Gasteiger partial charge in [-0.1, -0.05) is 18.2 Å². The largest absolute Gasteiger partial charge is 0.508 e. The molecule has 0 aliphatic heterocycles. The maximum atomic E-state index is 13.9. The smallest absolute Gasteiger partial charge is 0.255 e. The summed E-state index contributed by atoms with van der Waals surface area (Å²) in [5.74, 6) is -7.76. The molecule has 8 N–H and O–H groups in total. The zero-order valence-corrected chi connectivity index (χ0v) is 21.1. The lowest BCUT2D eigenvalue weighted by Gasteiger charge is -2.50. The molecule has 0 heterocycles. The van der Waals surface area contributed by atoms with Gasteiger partial charge < -0.3 is 31.9 Å². The Morgan fingerprint density at radius 3 is 2.33 bits per heavy atom. The molecule has 1 fully saturated rings. The number of nitrogens with two attached hydrogens (primary N) is 2. The molecule has 2 amide bonds. The van der Waals surface area contributed by atoms with Gasteiger partial charge in [0, 0.05) is 17.1 Å². The van der Waals surface area contributed by atoms with Crippen LogP contribution in [-0.4, -0.2) is 74.4 Å². The lowest BCUT2D eigenvalue weighted by molar-refractivity contribution is -0.153. The molecule has 0 saturated heterocycles. The van der Waals surface area contributed by atoms with Gasteiger partial charge in [-0.15, -0.1) is 0 Å². The summed E-state index contributed by atoms with van der Waals surface area (Å²) in [6.07, 6.45) is 0.0985. The van der Waals surface area contributed by atoms with Crippen molar-refractivity contribution in [2.45, 2.75) is 24.5 Å². The minimum absolute atomic E-state index is 0.0256. The number of nitrogens with zero attached hydrogens (tertiary/aromatic N) is 1. The van der Waals surface area contributed by atoms with E-state index in [0.717, 1.165) is 0 Å². The third-order valence-electron chi connectivity index (χ3n) is 8.06. The average Bonchev–Trinajstić information content (AvgIpc) is 2.86. The highest BCUT2D eigenvalue weighted by Gasteiger charge is 2.64. The SMILES string of the molecule is CN(C)[C@H]1C(=O)C(C(N)=O)=C(O)[C@]2(O)C(=O)C3=C(O)c4c(O)ccc(-c5cccc(C(N)=O)c5)c4C[C@@H]3C[C@H]12. The van der Waals surface area contributed by atoms with Crippen molar-refractivity contribution < 1.29 is 39.6 Å². The first-order valence-electron chi connectivity index (χ1n) is 12.2. The van der Waals surface area contributed by atoms with Gasteiger partial charge in [-0.3, -0.25) is 24.1 Å². The van der Waals surface area contributed by atoms with Crippen molar-refractivity contribution in [1.82, 2.24) is 4.90 Å². The van der Waals surface area contributed by atoms with Crippen LogP contribution in [0.15, 0.2) is 53.3 Å². The second-order valence-electron chi connectivity index (χ2n) is 10.4. The molecule has 2 aromatic rings. The fraction of sp³-hybridized carbons (Fsp3) is 0.286. The van der Waals surface area contributed by atoms with E-state index in [0.29, 0.717) is 16.7 Å². The summed E-state index contributed by atoms with van der Waals surface area (Å²) in [5.41, 5.74) is 8.85. The fourth-order valence-electron chi connectivity index (χ4n) is 6.35. The summed E-state index contributed by atoms with van der Waals surface area (Å²) >= 11 is 0. The topological polar surface area (TPSA) is 204 Å². The number of primary amides is 2. The molecule has 2 aromatic carbocycles. The number of rotatable bonds is 4. The van der Waals surface area contributed by atoms with E-state index in [-0.39, 0.29) is 35.3 Å². The standard InChI is InChI=1S/C28H27N3O8/c1-31(2)21-16-10-13-9-15-14(11-4-3-5-12(8-11)26(29)37)6-7-17(32)19(15)22(33)18(13)24(35)28(16,39)25(36)20(23(21)34)27(30)38/h3-8,13,16,21,32-33,36,39H,9-10H2,1-2H3,(H2,29,37)(H2,30,38)/t13-,16-,21-,28-/m1/s1. The Balaban J connectivity index is 1.73. The normalized spacial score (nSPS) is 26.3. The van der Waals surface area contributed by atoms with Crippen LogP contribution in [0.25, 0.3) is 16.9 Å². The molecule has 4 atom stereocenters. The zero-order chi connectivity index (χ0) is 28.5. The Hall–Kier alpha value is -4.48. The van der Waals surface area contributed by atoms with Gasteiger partial charge in [0.1, 0.15) is 22.8 Å². The number of fused-ring (bicyclic) bond motifs is 3. The highest BCUT2D eigenvalue weighted by atomic mass is 16.3. The van der Waals surface area contributed by atoms with Gasteiger partial charge in [-0.25, -0.2) is 0 Å². The van der Waals surface area contributed by atoms with Crippen molar-refractivity contribution in [3.05, 3.63) is 70.0 Å². The molecule has 0 radical (unpaired) electrons. The van der Waals surface area contributed by atoms with Gasteiger partial charge in [-0.05, 0) is 67.7 Å². The van der Waals surface area contributed by atoms with Crippen LogP contribution in [-0.2, 0) is 20.8 Å². The van der Waals surface area contributed by atoms with Crippen molar-refractivity contribution in [1.29, 1.82) is 0 Å². The Morgan fingerprint density at radius 1 is 1.03 bits per heavy atom. The van der Waals surface area contributed by atoms with Crippen molar-refractivity contribution in [2.24, 2.45) is 23.3 Å². The van der Waals surface area contributed by atoms with Crippen LogP contribution < -0.4 is 11.5 Å². The van der Waals surface area contributed by atoms with E-state index < -0.39 is 64.0 Å². The van der Waals surface area contributed by atoms with Crippen LogP contribution in [0.2, 0.25) is 0 Å². The van der Waals surface area contributed by atoms with Crippen LogP contribution in [0.1, 0.15) is 27.9 Å². The number of carbonyl (C=O) groups excluding carboxylic acids is 4. The van der Waals surface area contributed by atoms with E-state index in [1.165, 1.54) is 25.1 Å². The summed E-state index contributed by atoms with van der Waals surface area (Å²) in [5, 5.41) is 44.7. The van der Waals surface area contributed by atoms with Gasteiger partial charge in [-0.2, -0.15) is 0 Å². The maximum Gasteiger partial charge on any atom is 0.255 e. The number of amides is 2.